The van der Waals surface area contributed by atoms with Gasteiger partial charge in [-0.15, -0.1) is 0 Å². The minimum absolute atomic E-state index is 0.0513. The summed E-state index contributed by atoms with van der Waals surface area (Å²) in [6, 6.07) is 4.51. The van der Waals surface area contributed by atoms with Crippen LogP contribution in [-0.4, -0.2) is 5.91 Å². The Morgan fingerprint density at radius 3 is 2.95 bits per heavy atom. The van der Waals surface area contributed by atoms with Gasteiger partial charge in [-0.25, -0.2) is 4.39 Å². The summed E-state index contributed by atoms with van der Waals surface area (Å²) in [6.45, 7) is 0. The van der Waals surface area contributed by atoms with Crippen LogP contribution < -0.4 is 5.32 Å². The van der Waals surface area contributed by atoms with Crippen molar-refractivity contribution >= 4 is 39.1 Å². The molecule has 0 spiro atoms. The Bertz CT molecular complexity index is 692. The van der Waals surface area contributed by atoms with Crippen molar-refractivity contribution in [3.05, 3.63) is 50.7 Å². The van der Waals surface area contributed by atoms with E-state index in [4.69, 9.17) is 16.9 Å². The molecule has 0 aliphatic heterocycles. The summed E-state index contributed by atoms with van der Waals surface area (Å²) in [5.41, 5.74) is 0.674. The SMILES string of the molecule is N#Cc1cc(Br)cc(F)c1NC(=O)CC1=C(Cl)CCC=C1. The summed E-state index contributed by atoms with van der Waals surface area (Å²) in [7, 11) is 0. The zero-order valence-electron chi connectivity index (χ0n) is 10.9. The van der Waals surface area contributed by atoms with Crippen LogP contribution in [0.1, 0.15) is 24.8 Å². The van der Waals surface area contributed by atoms with Gasteiger partial charge in [-0.05, 0) is 30.5 Å². The van der Waals surface area contributed by atoms with Gasteiger partial charge in [-0.2, -0.15) is 5.26 Å². The van der Waals surface area contributed by atoms with Gasteiger partial charge in [0.05, 0.1) is 17.7 Å². The Morgan fingerprint density at radius 2 is 2.29 bits per heavy atom. The van der Waals surface area contributed by atoms with E-state index < -0.39 is 11.7 Å². The first-order valence-electron chi connectivity index (χ1n) is 6.24. The summed E-state index contributed by atoms with van der Waals surface area (Å²) in [5, 5.41) is 12.1. The van der Waals surface area contributed by atoms with Gasteiger partial charge in [0.1, 0.15) is 11.9 Å². The Kier molecular flexibility index (Phi) is 5.16. The molecular weight excluding hydrogens is 359 g/mol. The molecule has 0 fully saturated rings. The fourth-order valence-electron chi connectivity index (χ4n) is 1.99. The normalized spacial score (nSPS) is 14.0. The van der Waals surface area contributed by atoms with Crippen molar-refractivity contribution in [3.63, 3.8) is 0 Å². The number of rotatable bonds is 3. The standard InChI is InChI=1S/C15H11BrClFN2O/c16-11-5-10(8-19)15(13(18)7-11)20-14(21)6-9-3-1-2-4-12(9)17/h1,3,5,7H,2,4,6H2,(H,20,21). The van der Waals surface area contributed by atoms with E-state index in [1.807, 2.05) is 12.1 Å². The molecule has 1 amide bonds. The minimum Gasteiger partial charge on any atom is -0.322 e. The average Bonchev–Trinajstić information content (AvgIpc) is 2.44. The second-order valence-electron chi connectivity index (χ2n) is 4.52. The first-order chi connectivity index (χ1) is 10.0. The number of nitriles is 1. The minimum atomic E-state index is -0.659. The maximum Gasteiger partial charge on any atom is 0.228 e. The molecule has 0 atom stereocenters. The van der Waals surface area contributed by atoms with Crippen LogP contribution in [0.5, 0.6) is 0 Å². The van der Waals surface area contributed by atoms with Crippen LogP contribution in [0, 0.1) is 17.1 Å². The van der Waals surface area contributed by atoms with Crippen molar-refractivity contribution in [1.82, 2.24) is 0 Å². The van der Waals surface area contributed by atoms with E-state index in [9.17, 15) is 9.18 Å². The number of hydrogen-bond acceptors (Lipinski definition) is 2. The smallest absolute Gasteiger partial charge is 0.228 e. The second kappa shape index (κ2) is 6.88. The van der Waals surface area contributed by atoms with Crippen LogP contribution >= 0.6 is 27.5 Å². The van der Waals surface area contributed by atoms with Gasteiger partial charge in [0.25, 0.3) is 0 Å². The van der Waals surface area contributed by atoms with Crippen LogP contribution in [0.25, 0.3) is 0 Å². The number of carbonyl (C=O) groups excluding carboxylic acids is 1. The Hall–Kier alpha value is -1.64. The van der Waals surface area contributed by atoms with Gasteiger partial charge in [-0.3, -0.25) is 4.79 Å². The maximum atomic E-state index is 13.9. The Labute approximate surface area is 135 Å². The largest absolute Gasteiger partial charge is 0.322 e. The predicted molar refractivity (Wildman–Crippen MR) is 83.3 cm³/mol. The van der Waals surface area contributed by atoms with Gasteiger partial charge in [0, 0.05) is 9.51 Å². The molecule has 0 saturated carbocycles. The van der Waals surface area contributed by atoms with E-state index in [0.717, 1.165) is 12.0 Å². The first kappa shape index (κ1) is 15.7. The molecule has 0 aromatic heterocycles. The molecule has 6 heteroatoms. The molecule has 1 aromatic rings. The molecule has 0 unspecified atom stereocenters. The third-order valence-electron chi connectivity index (χ3n) is 2.99. The van der Waals surface area contributed by atoms with E-state index in [0.29, 0.717) is 15.9 Å². The molecule has 108 valence electrons. The lowest BCUT2D eigenvalue weighted by Crippen LogP contribution is -2.15. The van der Waals surface area contributed by atoms with Gasteiger partial charge in [0.15, 0.2) is 0 Å². The Balaban J connectivity index is 2.18. The van der Waals surface area contributed by atoms with Crippen molar-refractivity contribution in [2.24, 2.45) is 0 Å². The highest BCUT2D eigenvalue weighted by Crippen LogP contribution is 2.27. The molecule has 1 aromatic carbocycles. The molecule has 1 aliphatic rings. The third kappa shape index (κ3) is 3.93. The van der Waals surface area contributed by atoms with Crippen LogP contribution in [-0.2, 0) is 4.79 Å². The van der Waals surface area contributed by atoms with Crippen molar-refractivity contribution in [1.29, 1.82) is 5.26 Å². The molecule has 0 bridgehead atoms. The van der Waals surface area contributed by atoms with Crippen LogP contribution in [0.15, 0.2) is 39.4 Å². The van der Waals surface area contributed by atoms with E-state index in [-0.39, 0.29) is 17.7 Å². The number of anilines is 1. The van der Waals surface area contributed by atoms with Gasteiger partial charge < -0.3 is 5.32 Å². The first-order valence-corrected chi connectivity index (χ1v) is 7.41. The highest BCUT2D eigenvalue weighted by molar-refractivity contribution is 9.10. The quantitative estimate of drug-likeness (QED) is 0.844. The van der Waals surface area contributed by atoms with E-state index in [2.05, 4.69) is 21.2 Å². The number of amides is 1. The molecular formula is C15H11BrClFN2O. The van der Waals surface area contributed by atoms with Gasteiger partial charge in [0.2, 0.25) is 5.91 Å². The number of nitrogens with one attached hydrogen (secondary N) is 1. The summed E-state index contributed by atoms with van der Waals surface area (Å²) >= 11 is 9.16. The van der Waals surface area contributed by atoms with E-state index in [1.165, 1.54) is 12.1 Å². The molecule has 1 aliphatic carbocycles. The number of allylic oxidation sites excluding steroid dienone is 3. The number of hydrogen-bond donors (Lipinski definition) is 1. The topological polar surface area (TPSA) is 52.9 Å². The number of nitrogens with zero attached hydrogens (tertiary/aromatic N) is 1. The summed E-state index contributed by atoms with van der Waals surface area (Å²) in [4.78, 5) is 12.0. The fourth-order valence-corrected chi connectivity index (χ4v) is 2.66. The molecule has 21 heavy (non-hydrogen) atoms. The van der Waals surface area contributed by atoms with Crippen LogP contribution in [0.3, 0.4) is 0 Å². The van der Waals surface area contributed by atoms with Crippen molar-refractivity contribution in [3.8, 4) is 6.07 Å². The molecule has 2 rings (SSSR count). The van der Waals surface area contributed by atoms with E-state index >= 15 is 0 Å². The van der Waals surface area contributed by atoms with Gasteiger partial charge in [-0.1, -0.05) is 39.7 Å². The lowest BCUT2D eigenvalue weighted by atomic mass is 10.0. The number of halogens is 3. The lowest BCUT2D eigenvalue weighted by molar-refractivity contribution is -0.115. The lowest BCUT2D eigenvalue weighted by Gasteiger charge is -2.12. The Morgan fingerprint density at radius 1 is 1.52 bits per heavy atom. The number of carbonyl (C=O) groups is 1. The predicted octanol–water partition coefficient (Wildman–Crippen LogP) is 4.63. The molecule has 3 nitrogen and oxygen atoms in total. The zero-order valence-corrected chi connectivity index (χ0v) is 13.3. The maximum absolute atomic E-state index is 13.9. The highest BCUT2D eigenvalue weighted by Gasteiger charge is 2.16. The van der Waals surface area contributed by atoms with E-state index in [1.54, 1.807) is 6.08 Å². The monoisotopic (exact) mass is 368 g/mol. The second-order valence-corrected chi connectivity index (χ2v) is 5.89. The fraction of sp³-hybridized carbons (Fsp3) is 0.200. The molecule has 0 saturated heterocycles. The average molecular weight is 370 g/mol. The van der Waals surface area contributed by atoms with Crippen LogP contribution in [0.2, 0.25) is 0 Å². The molecule has 0 radical (unpaired) electrons. The van der Waals surface area contributed by atoms with Crippen molar-refractivity contribution < 1.29 is 9.18 Å². The third-order valence-corrected chi connectivity index (χ3v) is 3.88. The number of benzene rings is 1. The zero-order chi connectivity index (χ0) is 15.4. The highest BCUT2D eigenvalue weighted by atomic mass is 79.9. The summed E-state index contributed by atoms with van der Waals surface area (Å²) < 4.78 is 14.3. The van der Waals surface area contributed by atoms with Crippen LogP contribution in [0.4, 0.5) is 10.1 Å². The summed E-state index contributed by atoms with van der Waals surface area (Å²) in [6.07, 6.45) is 5.35. The molecule has 1 N–H and O–H groups in total. The van der Waals surface area contributed by atoms with Crippen molar-refractivity contribution in [2.75, 3.05) is 5.32 Å². The molecule has 0 heterocycles. The summed E-state index contributed by atoms with van der Waals surface area (Å²) in [5.74, 6) is -1.07. The van der Waals surface area contributed by atoms with Crippen molar-refractivity contribution in [2.45, 2.75) is 19.3 Å². The van der Waals surface area contributed by atoms with Gasteiger partial charge >= 0.3 is 0 Å².